The smallest absolute Gasteiger partial charge is 0.274 e. The highest BCUT2D eigenvalue weighted by Gasteiger charge is 2.19. The first-order chi connectivity index (χ1) is 15.7. The summed E-state index contributed by atoms with van der Waals surface area (Å²) in [5.41, 5.74) is 10.2. The quantitative estimate of drug-likeness (QED) is 0.341. The van der Waals surface area contributed by atoms with E-state index in [2.05, 4.69) is 10.6 Å². The lowest BCUT2D eigenvalue weighted by atomic mass is 9.96. The van der Waals surface area contributed by atoms with E-state index in [0.29, 0.717) is 39.9 Å². The largest absolute Gasteiger partial charge is 0.399 e. The molecule has 0 spiro atoms. The summed E-state index contributed by atoms with van der Waals surface area (Å²) in [4.78, 5) is 26.1. The number of allylic oxidation sites excluding steroid dienone is 3. The van der Waals surface area contributed by atoms with Gasteiger partial charge in [0.2, 0.25) is 5.91 Å². The Morgan fingerprint density at radius 1 is 1.24 bits per heavy atom. The molecule has 2 aromatic rings. The second kappa shape index (κ2) is 10.5. The molecular formula is C25H30ClN5O2. The first-order valence-corrected chi connectivity index (χ1v) is 11.3. The van der Waals surface area contributed by atoms with Crippen LogP contribution in [0.25, 0.3) is 11.3 Å². The van der Waals surface area contributed by atoms with Crippen molar-refractivity contribution < 1.29 is 4.79 Å². The Bertz CT molecular complexity index is 1190. The van der Waals surface area contributed by atoms with E-state index < -0.39 is 0 Å². The van der Waals surface area contributed by atoms with Crippen molar-refractivity contribution in [2.75, 3.05) is 17.6 Å². The van der Waals surface area contributed by atoms with E-state index in [0.717, 1.165) is 24.0 Å². The van der Waals surface area contributed by atoms with Crippen molar-refractivity contribution in [3.8, 4) is 11.3 Å². The molecule has 33 heavy (non-hydrogen) atoms. The number of amides is 1. The van der Waals surface area contributed by atoms with Gasteiger partial charge in [-0.15, -0.1) is 0 Å². The predicted octanol–water partition coefficient (Wildman–Crippen LogP) is 4.37. The Hall–Kier alpha value is -3.32. The van der Waals surface area contributed by atoms with E-state index in [9.17, 15) is 9.59 Å². The van der Waals surface area contributed by atoms with Crippen molar-refractivity contribution in [2.24, 2.45) is 0 Å². The van der Waals surface area contributed by atoms with Crippen molar-refractivity contribution in [3.05, 3.63) is 69.0 Å². The van der Waals surface area contributed by atoms with Crippen LogP contribution in [0, 0.1) is 5.41 Å². The van der Waals surface area contributed by atoms with Gasteiger partial charge in [0.25, 0.3) is 5.56 Å². The summed E-state index contributed by atoms with van der Waals surface area (Å²) < 4.78 is 1.39. The fourth-order valence-corrected chi connectivity index (χ4v) is 4.05. The minimum absolute atomic E-state index is 0.0232. The van der Waals surface area contributed by atoms with E-state index in [-0.39, 0.29) is 24.1 Å². The third-order valence-corrected chi connectivity index (χ3v) is 5.67. The van der Waals surface area contributed by atoms with Crippen LogP contribution in [0.3, 0.4) is 0 Å². The number of pyridine rings is 1. The number of hydrogen-bond acceptors (Lipinski definition) is 5. The number of hydrogen-bond donors (Lipinski definition) is 4. The van der Waals surface area contributed by atoms with E-state index in [1.165, 1.54) is 4.57 Å². The standard InChI is InChI=1S/C25H30ClN5O2/c1-15(2)30-22-12-21(26)24(19-5-4-6-20(28)11-19)31(25(22)33)14-23(32)29-13-17-7-9-18(10-8-17)16(3)27/h4-7,9,11-12,15,27,30H,8,10,13-14,28H2,1-3H3,(H,29,32). The summed E-state index contributed by atoms with van der Waals surface area (Å²) in [6.45, 7) is 5.83. The molecule has 0 saturated carbocycles. The van der Waals surface area contributed by atoms with Gasteiger partial charge in [0, 0.05) is 29.5 Å². The number of carbonyl (C=O) groups excluding carboxylic acids is 1. The first-order valence-electron chi connectivity index (χ1n) is 10.9. The minimum Gasteiger partial charge on any atom is -0.399 e. The predicted molar refractivity (Wildman–Crippen MR) is 136 cm³/mol. The van der Waals surface area contributed by atoms with Crippen molar-refractivity contribution >= 4 is 34.6 Å². The number of carbonyl (C=O) groups is 1. The first kappa shape index (κ1) is 24.3. The molecule has 0 aliphatic heterocycles. The van der Waals surface area contributed by atoms with Gasteiger partial charge in [0.1, 0.15) is 12.2 Å². The number of nitrogens with two attached hydrogens (primary N) is 1. The molecule has 1 aromatic carbocycles. The molecule has 0 radical (unpaired) electrons. The lowest BCUT2D eigenvalue weighted by molar-refractivity contribution is -0.121. The van der Waals surface area contributed by atoms with Gasteiger partial charge >= 0.3 is 0 Å². The van der Waals surface area contributed by atoms with Crippen LogP contribution >= 0.6 is 11.6 Å². The van der Waals surface area contributed by atoms with Crippen LogP contribution in [0.2, 0.25) is 5.02 Å². The van der Waals surface area contributed by atoms with Gasteiger partial charge in [0.05, 0.1) is 10.7 Å². The maximum atomic E-state index is 13.3. The average Bonchev–Trinajstić information content (AvgIpc) is 2.75. The molecule has 0 atom stereocenters. The normalized spacial score (nSPS) is 13.4. The van der Waals surface area contributed by atoms with Crippen LogP contribution in [0.4, 0.5) is 11.4 Å². The minimum atomic E-state index is -0.327. The number of nitrogen functional groups attached to an aromatic ring is 1. The number of nitrogens with one attached hydrogen (secondary N) is 3. The summed E-state index contributed by atoms with van der Waals surface area (Å²) in [5.74, 6) is -0.293. The molecule has 0 fully saturated rings. The Balaban J connectivity index is 1.88. The summed E-state index contributed by atoms with van der Waals surface area (Å²) in [7, 11) is 0. The summed E-state index contributed by atoms with van der Waals surface area (Å²) in [6.07, 6.45) is 5.45. The third kappa shape index (κ3) is 6.14. The van der Waals surface area contributed by atoms with Crippen LogP contribution in [0.5, 0.6) is 0 Å². The average molecular weight is 468 g/mol. The zero-order chi connectivity index (χ0) is 24.1. The molecule has 1 aliphatic rings. The van der Waals surface area contributed by atoms with Crippen LogP contribution in [-0.2, 0) is 11.3 Å². The van der Waals surface area contributed by atoms with E-state index >= 15 is 0 Å². The van der Waals surface area contributed by atoms with Crippen molar-refractivity contribution in [1.82, 2.24) is 9.88 Å². The van der Waals surface area contributed by atoms with Crippen LogP contribution in [-0.4, -0.2) is 28.8 Å². The molecule has 0 saturated heterocycles. The van der Waals surface area contributed by atoms with Crippen molar-refractivity contribution in [2.45, 2.75) is 46.2 Å². The molecule has 8 heteroatoms. The summed E-state index contributed by atoms with van der Waals surface area (Å²) in [5, 5.41) is 14.1. The van der Waals surface area contributed by atoms with Crippen LogP contribution < -0.4 is 21.9 Å². The van der Waals surface area contributed by atoms with E-state index in [1.807, 2.05) is 32.1 Å². The van der Waals surface area contributed by atoms with Crippen molar-refractivity contribution in [3.63, 3.8) is 0 Å². The number of rotatable bonds is 8. The van der Waals surface area contributed by atoms with Gasteiger partial charge < -0.3 is 21.8 Å². The highest BCUT2D eigenvalue weighted by molar-refractivity contribution is 6.33. The lowest BCUT2D eigenvalue weighted by Crippen LogP contribution is -2.35. The maximum absolute atomic E-state index is 13.3. The van der Waals surface area contributed by atoms with E-state index in [4.69, 9.17) is 22.7 Å². The van der Waals surface area contributed by atoms with E-state index in [1.54, 1.807) is 31.2 Å². The number of anilines is 2. The Kier molecular flexibility index (Phi) is 7.76. The topological polar surface area (TPSA) is 113 Å². The van der Waals surface area contributed by atoms with Crippen LogP contribution in [0.1, 0.15) is 33.6 Å². The summed E-state index contributed by atoms with van der Waals surface area (Å²) in [6, 6.07) is 8.69. The molecule has 3 rings (SSSR count). The SMILES string of the molecule is CC(=N)C1=CC=C(CNC(=O)Cn2c(-c3cccc(N)c3)c(Cl)cc(NC(C)C)c2=O)CC1. The van der Waals surface area contributed by atoms with Gasteiger partial charge in [-0.05, 0) is 57.4 Å². The molecule has 174 valence electrons. The van der Waals surface area contributed by atoms with Gasteiger partial charge in [0.15, 0.2) is 0 Å². The zero-order valence-electron chi connectivity index (χ0n) is 19.2. The molecule has 5 N–H and O–H groups in total. The summed E-state index contributed by atoms with van der Waals surface area (Å²) >= 11 is 6.59. The fraction of sp³-hybridized carbons (Fsp3) is 0.320. The molecule has 1 aromatic heterocycles. The number of aromatic nitrogens is 1. The molecule has 1 aliphatic carbocycles. The van der Waals surface area contributed by atoms with Gasteiger partial charge in [-0.1, -0.05) is 41.5 Å². The van der Waals surface area contributed by atoms with Gasteiger partial charge in [-0.25, -0.2) is 0 Å². The fourth-order valence-electron chi connectivity index (χ4n) is 3.73. The number of benzene rings is 1. The Labute approximate surface area is 198 Å². The lowest BCUT2D eigenvalue weighted by Gasteiger charge is -2.19. The zero-order valence-corrected chi connectivity index (χ0v) is 19.9. The molecule has 0 bridgehead atoms. The van der Waals surface area contributed by atoms with Gasteiger partial charge in [-0.3, -0.25) is 14.2 Å². The monoisotopic (exact) mass is 467 g/mol. The van der Waals surface area contributed by atoms with Crippen LogP contribution in [0.15, 0.2) is 58.4 Å². The van der Waals surface area contributed by atoms with Crippen molar-refractivity contribution in [1.29, 1.82) is 5.41 Å². The Morgan fingerprint density at radius 3 is 2.61 bits per heavy atom. The highest BCUT2D eigenvalue weighted by Crippen LogP contribution is 2.30. The number of halogens is 1. The second-order valence-corrected chi connectivity index (χ2v) is 8.90. The Morgan fingerprint density at radius 2 is 2.00 bits per heavy atom. The molecular weight excluding hydrogens is 438 g/mol. The molecule has 1 heterocycles. The second-order valence-electron chi connectivity index (χ2n) is 8.49. The molecule has 7 nitrogen and oxygen atoms in total. The maximum Gasteiger partial charge on any atom is 0.274 e. The number of nitrogens with zero attached hydrogens (tertiary/aromatic N) is 1. The molecule has 1 amide bonds. The third-order valence-electron chi connectivity index (χ3n) is 5.38. The molecule has 0 unspecified atom stereocenters. The highest BCUT2D eigenvalue weighted by atomic mass is 35.5. The van der Waals surface area contributed by atoms with Gasteiger partial charge in [-0.2, -0.15) is 0 Å².